The molecule has 7 heteroatoms. The van der Waals surface area contributed by atoms with Gasteiger partial charge in [0.15, 0.2) is 0 Å². The Morgan fingerprint density at radius 1 is 1.35 bits per heavy atom. The molecule has 124 valence electrons. The highest BCUT2D eigenvalue weighted by Crippen LogP contribution is 2.33. The highest BCUT2D eigenvalue weighted by molar-refractivity contribution is 14.1. The van der Waals surface area contributed by atoms with E-state index in [4.69, 9.17) is 4.74 Å². The number of hydrogen-bond acceptors (Lipinski definition) is 3. The van der Waals surface area contributed by atoms with E-state index in [0.29, 0.717) is 19.6 Å². The highest BCUT2D eigenvalue weighted by atomic mass is 127. The summed E-state index contributed by atoms with van der Waals surface area (Å²) in [5.74, 6) is 0.0491. The van der Waals surface area contributed by atoms with E-state index in [-0.39, 0.29) is 18.0 Å². The molecule has 0 aromatic heterocycles. The maximum Gasteiger partial charge on any atom is 0.410 e. The minimum Gasteiger partial charge on any atom is -0.444 e. The summed E-state index contributed by atoms with van der Waals surface area (Å²) in [6.45, 7) is 7.24. The van der Waals surface area contributed by atoms with E-state index in [0.717, 1.165) is 19.2 Å². The number of benzene rings is 1. The SMILES string of the molecule is CC(C)(C)OC(=O)N1CC(N2Cc3c(I)cc(Br)cc3C2=O)C1. The second kappa shape index (κ2) is 5.91. The molecule has 1 saturated heterocycles. The minimum absolute atomic E-state index is 0.0491. The van der Waals surface area contributed by atoms with Crippen molar-refractivity contribution < 1.29 is 14.3 Å². The first-order valence-corrected chi connectivity index (χ1v) is 9.30. The predicted molar refractivity (Wildman–Crippen MR) is 98.3 cm³/mol. The fourth-order valence-corrected chi connectivity index (χ4v) is 4.46. The van der Waals surface area contributed by atoms with Gasteiger partial charge in [-0.25, -0.2) is 4.79 Å². The van der Waals surface area contributed by atoms with Gasteiger partial charge in [-0.15, -0.1) is 0 Å². The number of hydrogen-bond donors (Lipinski definition) is 0. The van der Waals surface area contributed by atoms with Crippen LogP contribution in [0.2, 0.25) is 0 Å². The monoisotopic (exact) mass is 492 g/mol. The molecule has 0 N–H and O–H groups in total. The predicted octanol–water partition coefficient (Wildman–Crippen LogP) is 3.63. The molecule has 1 fully saturated rings. The van der Waals surface area contributed by atoms with Gasteiger partial charge < -0.3 is 14.5 Å². The Bertz CT molecular complexity index is 681. The Hall–Kier alpha value is -0.830. The molecule has 0 unspecified atom stereocenters. The topological polar surface area (TPSA) is 49.9 Å². The van der Waals surface area contributed by atoms with E-state index >= 15 is 0 Å². The molecule has 23 heavy (non-hydrogen) atoms. The van der Waals surface area contributed by atoms with E-state index < -0.39 is 5.60 Å². The molecule has 0 aliphatic carbocycles. The summed E-state index contributed by atoms with van der Waals surface area (Å²) >= 11 is 5.70. The highest BCUT2D eigenvalue weighted by Gasteiger charge is 2.42. The fraction of sp³-hybridized carbons (Fsp3) is 0.500. The quantitative estimate of drug-likeness (QED) is 0.562. The van der Waals surface area contributed by atoms with Gasteiger partial charge in [-0.3, -0.25) is 4.79 Å². The van der Waals surface area contributed by atoms with Gasteiger partial charge in [0.1, 0.15) is 5.60 Å². The second-order valence-electron chi connectivity index (χ2n) is 6.89. The number of likely N-dealkylation sites (tertiary alicyclic amines) is 1. The third-order valence-corrected chi connectivity index (χ3v) is 5.36. The summed E-state index contributed by atoms with van der Waals surface area (Å²) in [7, 11) is 0. The van der Waals surface area contributed by atoms with Crippen LogP contribution >= 0.6 is 38.5 Å². The van der Waals surface area contributed by atoms with Crippen LogP contribution in [0.15, 0.2) is 16.6 Å². The van der Waals surface area contributed by atoms with E-state index in [1.807, 2.05) is 37.8 Å². The van der Waals surface area contributed by atoms with E-state index in [1.54, 1.807) is 4.90 Å². The molecule has 3 rings (SSSR count). The molecule has 0 atom stereocenters. The Balaban J connectivity index is 1.65. The smallest absolute Gasteiger partial charge is 0.410 e. The van der Waals surface area contributed by atoms with E-state index in [9.17, 15) is 9.59 Å². The zero-order chi connectivity index (χ0) is 16.9. The number of halogens is 2. The molecule has 5 nitrogen and oxygen atoms in total. The summed E-state index contributed by atoms with van der Waals surface area (Å²) in [5.41, 5.74) is 1.35. The van der Waals surface area contributed by atoms with E-state index in [1.165, 1.54) is 0 Å². The summed E-state index contributed by atoms with van der Waals surface area (Å²) in [6.07, 6.45) is -0.310. The lowest BCUT2D eigenvalue weighted by Crippen LogP contribution is -2.61. The fourth-order valence-electron chi connectivity index (χ4n) is 2.77. The number of carbonyl (C=O) groups is 2. The van der Waals surface area contributed by atoms with Crippen LogP contribution in [0.5, 0.6) is 0 Å². The van der Waals surface area contributed by atoms with Crippen LogP contribution in [0, 0.1) is 3.57 Å². The molecule has 2 heterocycles. The van der Waals surface area contributed by atoms with E-state index in [2.05, 4.69) is 38.5 Å². The van der Waals surface area contributed by atoms with Gasteiger partial charge in [0.2, 0.25) is 0 Å². The van der Waals surface area contributed by atoms with Crippen molar-refractivity contribution in [1.82, 2.24) is 9.80 Å². The molecular weight excluding hydrogens is 475 g/mol. The van der Waals surface area contributed by atoms with Gasteiger partial charge in [-0.2, -0.15) is 0 Å². The molecule has 1 aromatic rings. The second-order valence-corrected chi connectivity index (χ2v) is 8.96. The van der Waals surface area contributed by atoms with Crippen molar-refractivity contribution in [2.45, 2.75) is 39.0 Å². The van der Waals surface area contributed by atoms with Crippen LogP contribution in [0.3, 0.4) is 0 Å². The van der Waals surface area contributed by atoms with Crippen molar-refractivity contribution in [2.75, 3.05) is 13.1 Å². The Morgan fingerprint density at radius 3 is 2.61 bits per heavy atom. The molecule has 0 radical (unpaired) electrons. The molecule has 0 bridgehead atoms. The van der Waals surface area contributed by atoms with Crippen LogP contribution in [-0.4, -0.2) is 46.5 Å². The summed E-state index contributed by atoms with van der Waals surface area (Å²) in [6, 6.07) is 3.96. The largest absolute Gasteiger partial charge is 0.444 e. The van der Waals surface area contributed by atoms with Crippen molar-refractivity contribution in [3.8, 4) is 0 Å². The Morgan fingerprint density at radius 2 is 2.00 bits per heavy atom. The summed E-state index contributed by atoms with van der Waals surface area (Å²) < 4.78 is 7.36. The summed E-state index contributed by atoms with van der Waals surface area (Å²) in [5, 5.41) is 0. The lowest BCUT2D eigenvalue weighted by Gasteiger charge is -2.43. The van der Waals surface area contributed by atoms with Crippen molar-refractivity contribution in [3.63, 3.8) is 0 Å². The van der Waals surface area contributed by atoms with Gasteiger partial charge >= 0.3 is 6.09 Å². The lowest BCUT2D eigenvalue weighted by molar-refractivity contribution is -0.0125. The molecule has 2 aliphatic heterocycles. The van der Waals surface area contributed by atoms with Gasteiger partial charge in [0.25, 0.3) is 5.91 Å². The third-order valence-electron chi connectivity index (χ3n) is 3.93. The maximum absolute atomic E-state index is 12.6. The summed E-state index contributed by atoms with van der Waals surface area (Å²) in [4.78, 5) is 28.1. The average molecular weight is 493 g/mol. The third kappa shape index (κ3) is 3.35. The Kier molecular flexibility index (Phi) is 4.37. The van der Waals surface area contributed by atoms with Crippen molar-refractivity contribution in [3.05, 3.63) is 31.3 Å². The standard InChI is InChI=1S/C16H18BrIN2O3/c1-16(2,3)23-15(22)19-6-10(7-19)20-8-12-11(14(20)21)4-9(17)5-13(12)18/h4-5,10H,6-8H2,1-3H3. The van der Waals surface area contributed by atoms with Crippen LogP contribution in [0.1, 0.15) is 36.7 Å². The number of fused-ring (bicyclic) bond motifs is 1. The molecule has 2 amide bonds. The first kappa shape index (κ1) is 17.0. The van der Waals surface area contributed by atoms with Crippen molar-refractivity contribution in [1.29, 1.82) is 0 Å². The molecule has 1 aromatic carbocycles. The van der Waals surface area contributed by atoms with Crippen LogP contribution in [0.25, 0.3) is 0 Å². The van der Waals surface area contributed by atoms with Crippen LogP contribution in [0.4, 0.5) is 4.79 Å². The molecule has 0 spiro atoms. The maximum atomic E-state index is 12.6. The number of amides is 2. The van der Waals surface area contributed by atoms with Crippen LogP contribution in [-0.2, 0) is 11.3 Å². The minimum atomic E-state index is -0.496. The number of rotatable bonds is 1. The molecule has 0 saturated carbocycles. The lowest BCUT2D eigenvalue weighted by atomic mass is 10.1. The Labute approximate surface area is 157 Å². The first-order valence-electron chi connectivity index (χ1n) is 7.42. The van der Waals surface area contributed by atoms with Gasteiger partial charge in [0.05, 0.1) is 6.04 Å². The molecule has 2 aliphatic rings. The van der Waals surface area contributed by atoms with Gasteiger partial charge in [0, 0.05) is 33.2 Å². The van der Waals surface area contributed by atoms with Crippen molar-refractivity contribution in [2.24, 2.45) is 0 Å². The average Bonchev–Trinajstić information content (AvgIpc) is 2.64. The zero-order valence-corrected chi connectivity index (χ0v) is 17.0. The zero-order valence-electron chi connectivity index (χ0n) is 13.2. The van der Waals surface area contributed by atoms with Gasteiger partial charge in [-0.1, -0.05) is 15.9 Å². The molecular formula is C16H18BrIN2O3. The first-order chi connectivity index (χ1) is 10.7. The van der Waals surface area contributed by atoms with Gasteiger partial charge in [-0.05, 0) is 61.1 Å². The van der Waals surface area contributed by atoms with Crippen molar-refractivity contribution >= 4 is 50.5 Å². The number of ether oxygens (including phenoxy) is 1. The number of nitrogens with zero attached hydrogens (tertiary/aromatic N) is 2. The van der Waals surface area contributed by atoms with Crippen LogP contribution < -0.4 is 0 Å². The number of carbonyl (C=O) groups excluding carboxylic acids is 2. The normalized spacial score (nSPS) is 18.0.